The Balaban J connectivity index is 2.43. The molecule has 0 radical (unpaired) electrons. The molecule has 0 bridgehead atoms. The molecule has 1 aromatic rings. The van der Waals surface area contributed by atoms with Crippen molar-refractivity contribution in [2.75, 3.05) is 6.61 Å². The van der Waals surface area contributed by atoms with Crippen molar-refractivity contribution in [1.82, 2.24) is 9.71 Å². The second kappa shape index (κ2) is 5.11. The van der Waals surface area contributed by atoms with E-state index >= 15 is 0 Å². The Labute approximate surface area is 123 Å². The van der Waals surface area contributed by atoms with E-state index < -0.39 is 21.5 Å². The Kier molecular flexibility index (Phi) is 3.90. The maximum absolute atomic E-state index is 12.6. The quantitative estimate of drug-likeness (QED) is 0.773. The third-order valence-corrected chi connectivity index (χ3v) is 5.99. The fourth-order valence-corrected chi connectivity index (χ4v) is 4.62. The fourth-order valence-electron chi connectivity index (χ4n) is 2.68. The number of carboxylic acid groups (broad SMARTS) is 1. The minimum absolute atomic E-state index is 0.000208. The molecule has 1 aromatic heterocycles. The van der Waals surface area contributed by atoms with Gasteiger partial charge in [0.1, 0.15) is 10.6 Å². The highest BCUT2D eigenvalue weighted by molar-refractivity contribution is 7.89. The smallest absolute Gasteiger partial charge is 0.352 e. The van der Waals surface area contributed by atoms with E-state index in [2.05, 4.69) is 9.71 Å². The average Bonchev–Trinajstić information content (AvgIpc) is 2.80. The molecule has 1 aliphatic heterocycles. The Morgan fingerprint density at radius 3 is 2.52 bits per heavy atom. The van der Waals surface area contributed by atoms with E-state index in [-0.39, 0.29) is 22.3 Å². The molecule has 8 heteroatoms. The summed E-state index contributed by atoms with van der Waals surface area (Å²) < 4.78 is 33.4. The van der Waals surface area contributed by atoms with E-state index in [1.54, 1.807) is 13.8 Å². The first kappa shape index (κ1) is 16.0. The highest BCUT2D eigenvalue weighted by Crippen LogP contribution is 2.30. The number of carboxylic acids is 1. The Morgan fingerprint density at radius 1 is 1.48 bits per heavy atom. The van der Waals surface area contributed by atoms with Crippen molar-refractivity contribution < 1.29 is 23.1 Å². The molecule has 1 fully saturated rings. The molecule has 21 heavy (non-hydrogen) atoms. The second-order valence-corrected chi connectivity index (χ2v) is 7.29. The number of hydrogen-bond donors (Lipinski definition) is 3. The van der Waals surface area contributed by atoms with Crippen LogP contribution in [0.15, 0.2) is 4.90 Å². The second-order valence-electron chi connectivity index (χ2n) is 5.67. The number of aryl methyl sites for hydroxylation is 1. The third kappa shape index (κ3) is 2.70. The molecule has 0 saturated carbocycles. The number of ether oxygens (including phenoxy) is 1. The molecule has 2 unspecified atom stereocenters. The van der Waals surface area contributed by atoms with Crippen molar-refractivity contribution in [2.24, 2.45) is 0 Å². The van der Waals surface area contributed by atoms with Crippen LogP contribution >= 0.6 is 0 Å². The lowest BCUT2D eigenvalue weighted by Gasteiger charge is -2.28. The normalized spacial score (nSPS) is 26.2. The SMILES string of the molecule is Cc1[nH]c(C(=O)O)c(C)c1S(=O)(=O)NC1(C)CCOC1C. The summed E-state index contributed by atoms with van der Waals surface area (Å²) in [6, 6.07) is 0. The Hall–Kier alpha value is -1.38. The van der Waals surface area contributed by atoms with Gasteiger partial charge in [0.25, 0.3) is 0 Å². The van der Waals surface area contributed by atoms with Gasteiger partial charge >= 0.3 is 5.97 Å². The standard InChI is InChI=1S/C13H20N2O5S/c1-7-10(12(16)17)14-8(2)11(7)21(18,19)15-13(4)5-6-20-9(13)3/h9,14-15H,5-6H2,1-4H3,(H,16,17). The molecule has 3 N–H and O–H groups in total. The zero-order chi connectivity index (χ0) is 16.0. The summed E-state index contributed by atoms with van der Waals surface area (Å²) in [5.41, 5.74) is -0.276. The van der Waals surface area contributed by atoms with Crippen LogP contribution in [-0.2, 0) is 14.8 Å². The first-order valence-electron chi connectivity index (χ1n) is 6.66. The number of sulfonamides is 1. The van der Waals surface area contributed by atoms with Gasteiger partial charge in [0.15, 0.2) is 0 Å². The summed E-state index contributed by atoms with van der Waals surface area (Å²) in [7, 11) is -3.83. The number of H-pyrrole nitrogens is 1. The van der Waals surface area contributed by atoms with Crippen LogP contribution in [0, 0.1) is 13.8 Å². The molecule has 0 aliphatic carbocycles. The van der Waals surface area contributed by atoms with E-state index in [0.717, 1.165) is 0 Å². The summed E-state index contributed by atoms with van der Waals surface area (Å²) in [5.74, 6) is -1.18. The number of aromatic amines is 1. The number of carbonyl (C=O) groups is 1. The zero-order valence-corrected chi connectivity index (χ0v) is 13.3. The summed E-state index contributed by atoms with van der Waals surface area (Å²) in [5, 5.41) is 9.08. The number of aromatic carboxylic acids is 1. The van der Waals surface area contributed by atoms with Gasteiger partial charge in [-0.2, -0.15) is 0 Å². The highest BCUT2D eigenvalue weighted by atomic mass is 32.2. The molecule has 2 heterocycles. The predicted molar refractivity (Wildman–Crippen MR) is 76.0 cm³/mol. The van der Waals surface area contributed by atoms with Gasteiger partial charge in [0.05, 0.1) is 11.6 Å². The Bertz CT molecular complexity index is 679. The van der Waals surface area contributed by atoms with Crippen LogP contribution in [0.4, 0.5) is 0 Å². The van der Waals surface area contributed by atoms with Crippen LogP contribution in [0.3, 0.4) is 0 Å². The monoisotopic (exact) mass is 316 g/mol. The first-order chi connectivity index (χ1) is 9.58. The van der Waals surface area contributed by atoms with Crippen molar-refractivity contribution in [3.05, 3.63) is 17.0 Å². The zero-order valence-electron chi connectivity index (χ0n) is 12.5. The average molecular weight is 316 g/mol. The summed E-state index contributed by atoms with van der Waals surface area (Å²) >= 11 is 0. The van der Waals surface area contributed by atoms with Crippen molar-refractivity contribution in [3.63, 3.8) is 0 Å². The predicted octanol–water partition coefficient (Wildman–Crippen LogP) is 1.18. The van der Waals surface area contributed by atoms with Gasteiger partial charge < -0.3 is 14.8 Å². The molecule has 7 nitrogen and oxygen atoms in total. The number of rotatable bonds is 4. The highest BCUT2D eigenvalue weighted by Gasteiger charge is 2.41. The number of aromatic nitrogens is 1. The molecular weight excluding hydrogens is 296 g/mol. The minimum atomic E-state index is -3.83. The van der Waals surface area contributed by atoms with Crippen LogP contribution < -0.4 is 4.72 Å². The molecule has 1 saturated heterocycles. The molecule has 2 rings (SSSR count). The van der Waals surface area contributed by atoms with Gasteiger partial charge in [0.2, 0.25) is 10.0 Å². The molecule has 0 aromatic carbocycles. The minimum Gasteiger partial charge on any atom is -0.477 e. The van der Waals surface area contributed by atoms with Crippen molar-refractivity contribution >= 4 is 16.0 Å². The molecule has 1 aliphatic rings. The lowest BCUT2D eigenvalue weighted by Crippen LogP contribution is -2.50. The molecule has 0 amide bonds. The molecule has 118 valence electrons. The first-order valence-corrected chi connectivity index (χ1v) is 8.15. The van der Waals surface area contributed by atoms with Gasteiger partial charge in [-0.15, -0.1) is 0 Å². The summed E-state index contributed by atoms with van der Waals surface area (Å²) in [4.78, 5) is 13.7. The number of nitrogens with one attached hydrogen (secondary N) is 2. The maximum atomic E-state index is 12.6. The molecular formula is C13H20N2O5S. The summed E-state index contributed by atoms with van der Waals surface area (Å²) in [6.07, 6.45) is 0.326. The van der Waals surface area contributed by atoms with Gasteiger partial charge in [-0.3, -0.25) is 0 Å². The lowest BCUT2D eigenvalue weighted by atomic mass is 9.97. The summed E-state index contributed by atoms with van der Waals surface area (Å²) in [6.45, 7) is 7.13. The van der Waals surface area contributed by atoms with E-state index in [0.29, 0.717) is 18.7 Å². The van der Waals surface area contributed by atoms with Crippen LogP contribution in [0.5, 0.6) is 0 Å². The van der Waals surface area contributed by atoms with Gasteiger partial charge in [0, 0.05) is 17.9 Å². The van der Waals surface area contributed by atoms with Gasteiger partial charge in [-0.25, -0.2) is 17.9 Å². The van der Waals surface area contributed by atoms with E-state index in [1.165, 1.54) is 6.92 Å². The third-order valence-electron chi connectivity index (χ3n) is 4.11. The van der Waals surface area contributed by atoms with Crippen LogP contribution in [0.2, 0.25) is 0 Å². The number of hydrogen-bond acceptors (Lipinski definition) is 4. The van der Waals surface area contributed by atoms with E-state index in [4.69, 9.17) is 9.84 Å². The fraction of sp³-hybridized carbons (Fsp3) is 0.615. The van der Waals surface area contributed by atoms with Gasteiger partial charge in [-0.05, 0) is 34.1 Å². The molecule has 2 atom stereocenters. The lowest BCUT2D eigenvalue weighted by molar-refractivity contribution is 0.0690. The van der Waals surface area contributed by atoms with E-state index in [9.17, 15) is 13.2 Å². The van der Waals surface area contributed by atoms with Crippen LogP contribution in [0.25, 0.3) is 0 Å². The van der Waals surface area contributed by atoms with Gasteiger partial charge in [-0.1, -0.05) is 0 Å². The Morgan fingerprint density at radius 2 is 2.10 bits per heavy atom. The van der Waals surface area contributed by atoms with Crippen LogP contribution in [-0.4, -0.2) is 42.7 Å². The van der Waals surface area contributed by atoms with Crippen molar-refractivity contribution in [1.29, 1.82) is 0 Å². The molecule has 0 spiro atoms. The maximum Gasteiger partial charge on any atom is 0.352 e. The van der Waals surface area contributed by atoms with Crippen LogP contribution in [0.1, 0.15) is 42.0 Å². The topological polar surface area (TPSA) is 108 Å². The largest absolute Gasteiger partial charge is 0.477 e. The van der Waals surface area contributed by atoms with Crippen molar-refractivity contribution in [3.8, 4) is 0 Å². The van der Waals surface area contributed by atoms with Crippen molar-refractivity contribution in [2.45, 2.75) is 50.7 Å². The van der Waals surface area contributed by atoms with E-state index in [1.807, 2.05) is 6.92 Å².